The topological polar surface area (TPSA) is 252 Å². The Hall–Kier alpha value is -7.56. The van der Waals surface area contributed by atoms with Gasteiger partial charge in [0.05, 0.1) is 167 Å². The smallest absolute Gasteiger partial charge is 0.161 e. The van der Waals surface area contributed by atoms with Crippen LogP contribution in [-0.4, -0.2) is 259 Å². The number of benzene rings is 6. The van der Waals surface area contributed by atoms with Crippen LogP contribution in [0.4, 0.5) is 0 Å². The summed E-state index contributed by atoms with van der Waals surface area (Å²) in [6.45, 7) is -73.6. The van der Waals surface area contributed by atoms with Gasteiger partial charge in [0.2, 0.25) is 0 Å². The second-order valence-corrected chi connectivity index (χ2v) is 32.5. The average Bonchev–Trinajstić information content (AvgIpc) is 0.622. The van der Waals surface area contributed by atoms with E-state index in [0.717, 1.165) is 59.8 Å². The van der Waals surface area contributed by atoms with E-state index in [2.05, 4.69) is 0 Å². The highest BCUT2D eigenvalue weighted by Gasteiger charge is 2.48. The number of fused-ring (bicyclic) bond motifs is 18. The van der Waals surface area contributed by atoms with Crippen molar-refractivity contribution in [3.8, 4) is 69.0 Å². The fourth-order valence-corrected chi connectivity index (χ4v) is 14.1. The van der Waals surface area contributed by atoms with Gasteiger partial charge in [-0.2, -0.15) is 0 Å². The Morgan fingerprint density at radius 2 is 0.430 bits per heavy atom. The lowest BCUT2D eigenvalue weighted by atomic mass is 9.75. The molecule has 12 heterocycles. The fraction of sp³-hybridized carbons (Fsp3) is 0.695. The highest BCUT2D eigenvalue weighted by Crippen LogP contribution is 2.53. The molecule has 0 saturated carbocycles. The maximum Gasteiger partial charge on any atom is 0.161 e. The molecule has 24 nitrogen and oxygen atoms in total. The van der Waals surface area contributed by atoms with Crippen molar-refractivity contribution in [3.63, 3.8) is 0 Å². The SMILES string of the molecule is [2H]C([2H])([2H])C(C)(C([2H])([2H])[2H])C([2H])([2H])C1([2H])C([2H])([2H])N2C([2H])([2H])C([2H])([2H])c3cc(OC)c(OC)cc3C2([2H])C([2H])([2H])C1([2H])O.[2H]C([2H])([2H])Oc1cc2c(cc1OC([2H])([2H])[2H])C1([2H])N(C([2H])([2H])C2([2H])[2H])C([2H])([2H])C([2H])(C([2H])([2H])C(C)(C([2H])([2H])[2H])C([2H])([2H])[2H])C([2H])(O)C1([2H])[2H].[2H]C([2H])([2H])Oc1cc2c(cc1OC([2H])([2H])[2H])C1([2H])N(C([2H])([2H])C2([2H])[2H])C([2H])([2H])C([2H])(CC(C)C)C([2H])(O)C1([2H])[2H].[2H]C([2H])([2H])Oc1cc2c(cc1OC)C([2H])([2H])C([2H])([2H])N1C([2H])([2H])C([2H])(C([2H])([2H])C(C)(C([2H])([2H])[2H])C([2H])([2H])[2H])C([2H])(O)C([2H])([2H])C21[2H].[2H]C([2H])([2H])Oc1cc2c(cc1OC)C1([2H])N(C([2H])([2H])C2([2H])[2H])C([2H])([2H])C([2H])(C([2H])([2H])C(C)(C([2H])([2H])[2H])C([2H])([2H])[2H])C([2H])(O)C1([2H])[2H].[2H]C([2H])([2H])Oc1cc2c(cc1OC)C1([2H])N(C([2H])([2H])C2([2H])[2H])C([2H])([2H])C([2H])(CC(C)C)C([2H])(O)C1([2H])[2H]. The molecule has 18 atom stereocenters. The standard InChI is InChI=1S/4C20H31NO3.2C19H29NO3/c4*1-20(2,3)11-14-12-21-7-6-13-8-18(23-4)19(24-5)9-15(13)16(21)10-17(14)22;2*1-12(2)7-14-11-20-6-5-13-8-18(22-3)19(23-4)9-15(13)16(20)10-17(14)21/h4*8-9,14,16-17,22H,6-7,10-12H2,1-5H3;2*8-9,12,14,16-17,21H,5-7,10-11H2,1-4H3/i1D3,2D3,4D3,5D3,6D2,7D2,10D2,11D2,12D2,14D,16D,17D;1D3,2D3,5D3,6D2,7D2,10D2,11D2,12D2,14D,16D,17D;1D3,2D3,4D3,6D2,7D2,10D2,11D2,12D2,14D,16D,17D;1D3,2D3,6D2,7D2,10D2,11D2,12D2,14D,16D,17D;3D3,4D3,5D2,6D2,10D2,11D2,14D,16D,17D;3D3,5D2,6D2,10D2,11D2,14D,16D,17D. The van der Waals surface area contributed by atoms with Crippen molar-refractivity contribution < 1.29 is 251 Å². The lowest BCUT2D eigenvalue weighted by Crippen LogP contribution is -2.48. The summed E-state index contributed by atoms with van der Waals surface area (Å²) in [6.07, 6.45) is -91.6. The molecule has 12 aliphatic heterocycles. The highest BCUT2D eigenvalue weighted by atomic mass is 16.5. The van der Waals surface area contributed by atoms with Crippen molar-refractivity contribution in [1.29, 1.82) is 0 Å². The zero-order chi connectivity index (χ0) is 207. The number of methoxy groups -OCH3 is 12. The zero-order valence-electron chi connectivity index (χ0n) is 196. The van der Waals surface area contributed by atoms with E-state index in [1.54, 1.807) is 0 Å². The zero-order valence-corrected chi connectivity index (χ0v) is 77.3. The van der Waals surface area contributed by atoms with Gasteiger partial charge in [-0.25, -0.2) is 0 Å². The summed E-state index contributed by atoms with van der Waals surface area (Å²) in [4.78, 5) is -2.71. The van der Waals surface area contributed by atoms with E-state index >= 15 is 0 Å². The average molecular weight is 2090 g/mol. The first-order valence-corrected chi connectivity index (χ1v) is 41.5. The number of hydrogen-bond acceptors (Lipinski definition) is 24. The summed E-state index contributed by atoms with van der Waals surface area (Å²) >= 11 is 0. The maximum absolute atomic E-state index is 11.7. The van der Waals surface area contributed by atoms with E-state index in [1.165, 1.54) is 27.7 Å². The summed E-state index contributed by atoms with van der Waals surface area (Å²) < 4.78 is 1060. The van der Waals surface area contributed by atoms with E-state index in [4.69, 9.17) is 212 Å². The molecule has 0 amide bonds. The minimum atomic E-state index is -4.81. The van der Waals surface area contributed by atoms with Crippen LogP contribution < -0.4 is 56.8 Å². The van der Waals surface area contributed by atoms with E-state index in [9.17, 15) is 38.9 Å². The normalized spacial score (nSPS) is 59.3. The molecule has 792 valence electrons. The molecule has 12 aliphatic rings. The summed E-state index contributed by atoms with van der Waals surface area (Å²) in [5.74, 6) is -34.9. The third-order valence-electron chi connectivity index (χ3n) is 20.1. The number of hydrogen-bond donors (Lipinski definition) is 6. The molecule has 0 bridgehead atoms. The molecule has 18 rings (SSSR count). The first-order valence-electron chi connectivity index (χ1n) is 101. The van der Waals surface area contributed by atoms with Crippen molar-refractivity contribution in [2.75, 3.05) is 163 Å². The maximum atomic E-state index is 11.7. The Kier molecular flexibility index (Phi) is 11.5. The number of nitrogens with zero attached hydrogens (tertiary/aromatic N) is 6. The molecule has 0 spiro atoms. The van der Waals surface area contributed by atoms with Gasteiger partial charge in [0.15, 0.2) is 69.0 Å². The van der Waals surface area contributed by atoms with Crippen molar-refractivity contribution in [2.24, 2.45) is 68.9 Å². The molecule has 0 aliphatic carbocycles. The van der Waals surface area contributed by atoms with E-state index in [-0.39, 0.29) is 55.1 Å². The van der Waals surface area contributed by atoms with Crippen LogP contribution in [0.1, 0.15) is 453 Å². The highest BCUT2D eigenvalue weighted by molar-refractivity contribution is 5.55. The van der Waals surface area contributed by atoms with Gasteiger partial charge in [-0.15, -0.1) is 0 Å². The minimum Gasteiger partial charge on any atom is -0.493 e. The third-order valence-corrected chi connectivity index (χ3v) is 20.1. The van der Waals surface area contributed by atoms with Crippen LogP contribution in [0.15, 0.2) is 72.8 Å². The van der Waals surface area contributed by atoms with Crippen LogP contribution in [0.3, 0.4) is 0 Å². The summed E-state index contributed by atoms with van der Waals surface area (Å²) in [5.41, 5.74) is -27.5. The van der Waals surface area contributed by atoms with Crippen LogP contribution in [-0.2, 0) is 38.2 Å². The van der Waals surface area contributed by atoms with Gasteiger partial charge in [0.1, 0.15) is 0 Å². The molecule has 6 aromatic rings. The largest absolute Gasteiger partial charge is 0.493 e. The second-order valence-electron chi connectivity index (χ2n) is 32.5. The van der Waals surface area contributed by atoms with Crippen LogP contribution in [0, 0.1) is 68.9 Å². The Balaban J connectivity index is 0.000000245. The molecule has 0 aromatic heterocycles. The Bertz CT molecular complexity index is 10900. The molecule has 24 heteroatoms. The second kappa shape index (κ2) is 48.2. The van der Waals surface area contributed by atoms with Gasteiger partial charge in [0, 0.05) is 232 Å². The van der Waals surface area contributed by atoms with Gasteiger partial charge in [-0.05, 0) is 323 Å². The minimum absolute atomic E-state index is 0.0581. The lowest BCUT2D eigenvalue weighted by molar-refractivity contribution is -0.0259. The van der Waals surface area contributed by atoms with Gasteiger partial charge in [-0.1, -0.05) is 110 Å². The molecule has 6 aromatic carbocycles. The molecule has 6 saturated heterocycles. The lowest BCUT2D eigenvalue weighted by Gasteiger charge is -2.47. The number of aliphatic hydroxyl groups is 6. The van der Waals surface area contributed by atoms with E-state index in [0.29, 0.717) is 42.5 Å². The number of rotatable bonds is 20. The monoisotopic (exact) mass is 2090 g/mol. The van der Waals surface area contributed by atoms with Crippen molar-refractivity contribution in [3.05, 3.63) is 140 Å². The van der Waals surface area contributed by atoms with Gasteiger partial charge < -0.3 is 87.5 Å². The first-order chi connectivity index (χ1) is 113. The molecule has 6 fully saturated rings. The number of piperidine rings is 6. The summed E-state index contributed by atoms with van der Waals surface area (Å²) in [6, 6.07) is -15.6. The summed E-state index contributed by atoms with van der Waals surface area (Å²) in [5, 5.41) is 69.0. The summed E-state index contributed by atoms with van der Waals surface area (Å²) in [7, 11) is -17.8. The van der Waals surface area contributed by atoms with Gasteiger partial charge in [-0.3, -0.25) is 29.4 Å². The van der Waals surface area contributed by atoms with Gasteiger partial charge in [0.25, 0.3) is 0 Å². The third kappa shape index (κ3) is 27.1. The molecular formula is C118H182N6O18. The van der Waals surface area contributed by atoms with Crippen LogP contribution in [0.5, 0.6) is 69.0 Å². The van der Waals surface area contributed by atoms with Crippen LogP contribution in [0.2, 0.25) is 0 Å². The Morgan fingerprint density at radius 3 is 0.592 bits per heavy atom. The molecule has 0 radical (unpaired) electrons. The van der Waals surface area contributed by atoms with Crippen molar-refractivity contribution in [2.45, 2.75) is 298 Å². The van der Waals surface area contributed by atoms with E-state index < -0.39 is 582 Å². The predicted molar refractivity (Wildman–Crippen MR) is 565 cm³/mol. The van der Waals surface area contributed by atoms with Crippen molar-refractivity contribution >= 4 is 0 Å². The fourth-order valence-electron chi connectivity index (χ4n) is 14.1. The molecule has 142 heavy (non-hydrogen) atoms. The van der Waals surface area contributed by atoms with Gasteiger partial charge >= 0.3 is 0 Å². The molecule has 18 unspecified atom stereocenters. The quantitative estimate of drug-likeness (QED) is 0.0415. The van der Waals surface area contributed by atoms with E-state index in [1.807, 2.05) is 0 Å². The number of aryl methyl sites for hydroxylation is 6. The first kappa shape index (κ1) is 34.0. The molecule has 6 N–H and O–H groups in total. The van der Waals surface area contributed by atoms with Crippen LogP contribution in [0.25, 0.3) is 0 Å². The number of ether oxygens (including phenoxy) is 12. The molecular weight excluding hydrogens is 1790 g/mol. The van der Waals surface area contributed by atoms with Crippen LogP contribution >= 0.6 is 0 Å². The Morgan fingerprint density at radius 1 is 0.275 bits per heavy atom. The predicted octanol–water partition coefficient (Wildman–Crippen LogP) is 19.7. The van der Waals surface area contributed by atoms with Crippen molar-refractivity contribution in [1.82, 2.24) is 29.4 Å². The Labute approximate surface area is 1020 Å².